The van der Waals surface area contributed by atoms with Gasteiger partial charge in [0.15, 0.2) is 0 Å². The number of aliphatic hydroxyl groups is 2. The first-order valence-electron chi connectivity index (χ1n) is 6.46. The molecular weight excluding hydrogens is 260 g/mol. The van der Waals surface area contributed by atoms with E-state index in [-0.39, 0.29) is 51.2 Å². The number of hydrogen-bond donors (Lipinski definition) is 2. The first-order chi connectivity index (χ1) is 9.34. The zero-order valence-corrected chi connectivity index (χ0v) is 12.3. The number of aliphatic hydroxyl groups excluding tert-OH is 2. The number of nitrogens with zero attached hydrogens (tertiary/aromatic N) is 2. The van der Waals surface area contributed by atoms with Crippen molar-refractivity contribution in [3.63, 3.8) is 0 Å². The highest BCUT2D eigenvalue weighted by Gasteiger charge is 2.18. The third-order valence-corrected chi connectivity index (χ3v) is 2.68. The maximum Gasteiger partial charge on any atom is 0.249 e. The average Bonchev–Trinajstić information content (AvgIpc) is 2.39. The summed E-state index contributed by atoms with van der Waals surface area (Å²) in [6.45, 7) is 10.9. The molecule has 0 aliphatic rings. The van der Waals surface area contributed by atoms with Gasteiger partial charge in [0.1, 0.15) is 0 Å². The summed E-state index contributed by atoms with van der Waals surface area (Å²) >= 11 is 0. The highest BCUT2D eigenvalue weighted by Crippen LogP contribution is 2.02. The van der Waals surface area contributed by atoms with Crippen molar-refractivity contribution in [1.29, 1.82) is 0 Å². The third-order valence-electron chi connectivity index (χ3n) is 2.68. The molecule has 0 aliphatic heterocycles. The molecule has 0 heterocycles. The second kappa shape index (κ2) is 9.28. The van der Waals surface area contributed by atoms with E-state index >= 15 is 0 Å². The number of amides is 2. The molecule has 0 aliphatic carbocycles. The van der Waals surface area contributed by atoms with E-state index in [9.17, 15) is 9.59 Å². The van der Waals surface area contributed by atoms with Crippen molar-refractivity contribution in [1.82, 2.24) is 9.80 Å². The SMILES string of the molecule is C=C(C)C(=O)N(CCO)CCN(CCO)C(=O)C(=C)C. The van der Waals surface area contributed by atoms with Crippen molar-refractivity contribution in [3.05, 3.63) is 24.3 Å². The maximum atomic E-state index is 11.9. The highest BCUT2D eigenvalue weighted by molar-refractivity contribution is 5.93. The molecule has 0 aromatic carbocycles. The lowest BCUT2D eigenvalue weighted by Crippen LogP contribution is -2.43. The van der Waals surface area contributed by atoms with E-state index in [0.29, 0.717) is 11.1 Å². The summed E-state index contributed by atoms with van der Waals surface area (Å²) in [5.41, 5.74) is 0.747. The van der Waals surface area contributed by atoms with Crippen molar-refractivity contribution in [2.24, 2.45) is 0 Å². The van der Waals surface area contributed by atoms with E-state index < -0.39 is 0 Å². The zero-order valence-electron chi connectivity index (χ0n) is 12.3. The van der Waals surface area contributed by atoms with Crippen LogP contribution < -0.4 is 0 Å². The van der Waals surface area contributed by atoms with Crippen molar-refractivity contribution < 1.29 is 19.8 Å². The van der Waals surface area contributed by atoms with Crippen LogP contribution in [-0.4, -0.2) is 71.2 Å². The molecule has 20 heavy (non-hydrogen) atoms. The molecule has 2 N–H and O–H groups in total. The molecule has 0 saturated carbocycles. The van der Waals surface area contributed by atoms with Gasteiger partial charge in [-0.05, 0) is 13.8 Å². The van der Waals surface area contributed by atoms with Crippen molar-refractivity contribution in [2.45, 2.75) is 13.8 Å². The van der Waals surface area contributed by atoms with Gasteiger partial charge in [0.25, 0.3) is 0 Å². The van der Waals surface area contributed by atoms with Crippen LogP contribution >= 0.6 is 0 Å². The van der Waals surface area contributed by atoms with E-state index in [2.05, 4.69) is 13.2 Å². The van der Waals surface area contributed by atoms with Gasteiger partial charge < -0.3 is 20.0 Å². The first-order valence-corrected chi connectivity index (χ1v) is 6.46. The molecule has 114 valence electrons. The Balaban J connectivity index is 4.70. The summed E-state index contributed by atoms with van der Waals surface area (Å²) in [4.78, 5) is 26.6. The molecule has 0 bridgehead atoms. The third kappa shape index (κ3) is 5.99. The van der Waals surface area contributed by atoms with Crippen LogP contribution in [0.4, 0.5) is 0 Å². The molecule has 0 radical (unpaired) electrons. The van der Waals surface area contributed by atoms with Crippen LogP contribution in [-0.2, 0) is 9.59 Å². The summed E-state index contributed by atoms with van der Waals surface area (Å²) in [7, 11) is 0. The minimum atomic E-state index is -0.259. The topological polar surface area (TPSA) is 81.1 Å². The Morgan fingerprint density at radius 1 is 0.800 bits per heavy atom. The summed E-state index contributed by atoms with van der Waals surface area (Å²) in [5, 5.41) is 18.0. The predicted molar refractivity (Wildman–Crippen MR) is 77.0 cm³/mol. The Kier molecular flexibility index (Phi) is 8.51. The monoisotopic (exact) mass is 284 g/mol. The fourth-order valence-corrected chi connectivity index (χ4v) is 1.65. The van der Waals surface area contributed by atoms with Crippen LogP contribution in [0, 0.1) is 0 Å². The molecule has 0 fully saturated rings. The summed E-state index contributed by atoms with van der Waals surface area (Å²) in [6, 6.07) is 0. The molecule has 0 spiro atoms. The van der Waals surface area contributed by atoms with Gasteiger partial charge in [-0.15, -0.1) is 0 Å². The van der Waals surface area contributed by atoms with Gasteiger partial charge in [-0.1, -0.05) is 13.2 Å². The Hall–Kier alpha value is -1.66. The largest absolute Gasteiger partial charge is 0.395 e. The first kappa shape index (κ1) is 18.3. The number of carbonyl (C=O) groups excluding carboxylic acids is 2. The van der Waals surface area contributed by atoms with E-state index in [4.69, 9.17) is 10.2 Å². The quantitative estimate of drug-likeness (QED) is 0.574. The molecule has 2 amide bonds. The fourth-order valence-electron chi connectivity index (χ4n) is 1.65. The zero-order chi connectivity index (χ0) is 15.7. The average molecular weight is 284 g/mol. The smallest absolute Gasteiger partial charge is 0.249 e. The van der Waals surface area contributed by atoms with E-state index in [1.54, 1.807) is 13.8 Å². The van der Waals surface area contributed by atoms with Gasteiger partial charge in [0.05, 0.1) is 13.2 Å². The molecular formula is C14H24N2O4. The van der Waals surface area contributed by atoms with Crippen LogP contribution in [0.1, 0.15) is 13.8 Å². The highest BCUT2D eigenvalue weighted by atomic mass is 16.3. The Bertz CT molecular complexity index is 343. The summed E-state index contributed by atoms with van der Waals surface area (Å²) in [5.74, 6) is -0.517. The van der Waals surface area contributed by atoms with Gasteiger partial charge >= 0.3 is 0 Å². The van der Waals surface area contributed by atoms with Gasteiger partial charge in [0, 0.05) is 37.3 Å². The normalized spacial score (nSPS) is 10.0. The predicted octanol–water partition coefficient (Wildman–Crippen LogP) is -0.220. The van der Waals surface area contributed by atoms with Crippen LogP contribution in [0.15, 0.2) is 24.3 Å². The molecule has 0 atom stereocenters. The lowest BCUT2D eigenvalue weighted by atomic mass is 10.2. The van der Waals surface area contributed by atoms with Crippen molar-refractivity contribution in [2.75, 3.05) is 39.4 Å². The Morgan fingerprint density at radius 2 is 1.10 bits per heavy atom. The number of rotatable bonds is 9. The molecule has 6 heteroatoms. The minimum absolute atomic E-state index is 0.159. The van der Waals surface area contributed by atoms with Crippen molar-refractivity contribution in [3.8, 4) is 0 Å². The number of hydrogen-bond acceptors (Lipinski definition) is 4. The molecule has 0 aromatic heterocycles. The maximum absolute atomic E-state index is 11.9. The molecule has 0 aromatic rings. The van der Waals surface area contributed by atoms with Gasteiger partial charge in [-0.3, -0.25) is 9.59 Å². The van der Waals surface area contributed by atoms with Gasteiger partial charge in [-0.25, -0.2) is 0 Å². The van der Waals surface area contributed by atoms with Crippen molar-refractivity contribution >= 4 is 11.8 Å². The summed E-state index contributed by atoms with van der Waals surface area (Å²) in [6.07, 6.45) is 0. The number of carbonyl (C=O) groups is 2. The standard InChI is InChI=1S/C14H24N2O4/c1-11(2)13(19)15(7-9-17)5-6-16(8-10-18)14(20)12(3)4/h17-18H,1,3,5-10H2,2,4H3. The van der Waals surface area contributed by atoms with Gasteiger partial charge in [-0.2, -0.15) is 0 Å². The fraction of sp³-hybridized carbons (Fsp3) is 0.571. The lowest BCUT2D eigenvalue weighted by Gasteiger charge is -2.27. The second-order valence-electron chi connectivity index (χ2n) is 4.59. The molecule has 0 unspecified atom stereocenters. The molecule has 0 rings (SSSR count). The van der Waals surface area contributed by atoms with Gasteiger partial charge in [0.2, 0.25) is 11.8 Å². The van der Waals surface area contributed by atoms with Crippen LogP contribution in [0.5, 0.6) is 0 Å². The van der Waals surface area contributed by atoms with Crippen LogP contribution in [0.25, 0.3) is 0 Å². The Morgan fingerprint density at radius 3 is 1.30 bits per heavy atom. The minimum Gasteiger partial charge on any atom is -0.395 e. The molecule has 6 nitrogen and oxygen atoms in total. The van der Waals surface area contributed by atoms with Crippen LogP contribution in [0.3, 0.4) is 0 Å². The summed E-state index contributed by atoms with van der Waals surface area (Å²) < 4.78 is 0. The lowest BCUT2D eigenvalue weighted by molar-refractivity contribution is -0.131. The van der Waals surface area contributed by atoms with Crippen LogP contribution in [0.2, 0.25) is 0 Å². The molecule has 0 saturated heterocycles. The van der Waals surface area contributed by atoms with E-state index in [0.717, 1.165) is 0 Å². The Labute approximate surface area is 120 Å². The second-order valence-corrected chi connectivity index (χ2v) is 4.59. The van der Waals surface area contributed by atoms with E-state index in [1.807, 2.05) is 0 Å². The van der Waals surface area contributed by atoms with E-state index in [1.165, 1.54) is 9.80 Å².